The summed E-state index contributed by atoms with van der Waals surface area (Å²) in [7, 11) is 0. The number of hydrogen-bond acceptors (Lipinski definition) is 2. The molecule has 3 nitrogen and oxygen atoms in total. The fourth-order valence-corrected chi connectivity index (χ4v) is 2.81. The number of benzene rings is 2. The molecule has 102 valence electrons. The summed E-state index contributed by atoms with van der Waals surface area (Å²) in [5.41, 5.74) is 10.1. The number of hydrogen-bond donors (Lipinski definition) is 2. The van der Waals surface area contributed by atoms with Crippen molar-refractivity contribution in [3.05, 3.63) is 65.2 Å². The highest BCUT2D eigenvalue weighted by Crippen LogP contribution is 2.21. The Balaban J connectivity index is 1.60. The molecule has 1 aliphatic rings. The van der Waals surface area contributed by atoms with Gasteiger partial charge in [0, 0.05) is 11.7 Å². The van der Waals surface area contributed by atoms with Crippen LogP contribution in [-0.4, -0.2) is 11.9 Å². The molecule has 0 saturated carbocycles. The summed E-state index contributed by atoms with van der Waals surface area (Å²) >= 11 is 0. The van der Waals surface area contributed by atoms with Crippen LogP contribution >= 0.6 is 0 Å². The molecule has 0 bridgehead atoms. The highest BCUT2D eigenvalue weighted by atomic mass is 16.1. The van der Waals surface area contributed by atoms with Crippen LogP contribution in [0.4, 0.5) is 5.69 Å². The number of carbonyl (C=O) groups excluding carboxylic acids is 1. The smallest absolute Gasteiger partial charge is 0.224 e. The summed E-state index contributed by atoms with van der Waals surface area (Å²) in [6.45, 7) is 0. The molecular weight excluding hydrogens is 248 g/mol. The number of nitrogens with two attached hydrogens (primary N) is 1. The third-order valence-corrected chi connectivity index (χ3v) is 3.82. The molecular formula is C17H18N2O. The predicted octanol–water partition coefficient (Wildman–Crippen LogP) is 2.09. The van der Waals surface area contributed by atoms with Crippen molar-refractivity contribution < 1.29 is 4.79 Å². The monoisotopic (exact) mass is 266 g/mol. The molecule has 0 unspecified atom stereocenters. The van der Waals surface area contributed by atoms with E-state index in [2.05, 4.69) is 17.4 Å². The van der Waals surface area contributed by atoms with Gasteiger partial charge >= 0.3 is 0 Å². The van der Waals surface area contributed by atoms with Crippen molar-refractivity contribution in [1.29, 1.82) is 0 Å². The quantitative estimate of drug-likeness (QED) is 0.836. The van der Waals surface area contributed by atoms with Gasteiger partial charge in [0.1, 0.15) is 0 Å². The number of fused-ring (bicyclic) bond motifs is 1. The van der Waals surface area contributed by atoms with Crippen LogP contribution in [0.2, 0.25) is 0 Å². The van der Waals surface area contributed by atoms with E-state index >= 15 is 0 Å². The summed E-state index contributed by atoms with van der Waals surface area (Å²) in [4.78, 5) is 12.1. The third kappa shape index (κ3) is 2.67. The van der Waals surface area contributed by atoms with Crippen molar-refractivity contribution in [3.63, 3.8) is 0 Å². The minimum absolute atomic E-state index is 0.0423. The molecule has 1 amide bonds. The second-order valence-electron chi connectivity index (χ2n) is 5.32. The largest absolute Gasteiger partial charge is 0.398 e. The number of rotatable bonds is 3. The number of carbonyl (C=O) groups is 1. The molecule has 0 saturated heterocycles. The summed E-state index contributed by atoms with van der Waals surface area (Å²) in [6.07, 6.45) is 2.19. The Morgan fingerprint density at radius 1 is 1.05 bits per heavy atom. The van der Waals surface area contributed by atoms with Crippen LogP contribution in [0.5, 0.6) is 0 Å². The molecule has 3 heteroatoms. The molecule has 2 aromatic rings. The molecule has 0 aromatic heterocycles. The van der Waals surface area contributed by atoms with Gasteiger partial charge in [-0.3, -0.25) is 4.79 Å². The first-order chi connectivity index (χ1) is 9.72. The zero-order chi connectivity index (χ0) is 13.9. The van der Waals surface area contributed by atoms with Gasteiger partial charge in [-0.1, -0.05) is 42.5 Å². The standard InChI is InChI=1S/C17H18N2O/c18-16-8-4-3-7-14(16)11-17(20)19-15-9-12-5-1-2-6-13(12)10-15/h1-8,15H,9-11,18H2,(H,19,20). The van der Waals surface area contributed by atoms with Gasteiger partial charge < -0.3 is 11.1 Å². The maximum atomic E-state index is 12.1. The normalized spacial score (nSPS) is 14.0. The molecule has 1 aliphatic carbocycles. The molecule has 0 radical (unpaired) electrons. The molecule has 0 spiro atoms. The van der Waals surface area contributed by atoms with E-state index in [0.29, 0.717) is 12.1 Å². The second kappa shape index (κ2) is 5.37. The van der Waals surface area contributed by atoms with Gasteiger partial charge in [0.15, 0.2) is 0 Å². The lowest BCUT2D eigenvalue weighted by Crippen LogP contribution is -2.36. The third-order valence-electron chi connectivity index (χ3n) is 3.82. The average molecular weight is 266 g/mol. The SMILES string of the molecule is Nc1ccccc1CC(=O)NC1Cc2ccccc2C1. The molecule has 3 rings (SSSR count). The van der Waals surface area contributed by atoms with Crippen LogP contribution in [-0.2, 0) is 24.1 Å². The van der Waals surface area contributed by atoms with Crippen LogP contribution in [0.25, 0.3) is 0 Å². The number of anilines is 1. The van der Waals surface area contributed by atoms with Crippen LogP contribution in [0.1, 0.15) is 16.7 Å². The van der Waals surface area contributed by atoms with Crippen molar-refractivity contribution in [2.24, 2.45) is 0 Å². The second-order valence-corrected chi connectivity index (χ2v) is 5.32. The fraction of sp³-hybridized carbons (Fsp3) is 0.235. The van der Waals surface area contributed by atoms with Crippen molar-refractivity contribution >= 4 is 11.6 Å². The number of para-hydroxylation sites is 1. The lowest BCUT2D eigenvalue weighted by atomic mass is 10.1. The Morgan fingerprint density at radius 3 is 2.30 bits per heavy atom. The summed E-state index contributed by atoms with van der Waals surface area (Å²) in [6, 6.07) is 16.1. The van der Waals surface area contributed by atoms with Gasteiger partial charge in [-0.2, -0.15) is 0 Å². The van der Waals surface area contributed by atoms with Crippen LogP contribution < -0.4 is 11.1 Å². The fourth-order valence-electron chi connectivity index (χ4n) is 2.81. The van der Waals surface area contributed by atoms with Gasteiger partial charge in [0.05, 0.1) is 6.42 Å². The van der Waals surface area contributed by atoms with E-state index in [0.717, 1.165) is 18.4 Å². The Bertz CT molecular complexity index is 611. The van der Waals surface area contributed by atoms with Crippen LogP contribution in [0, 0.1) is 0 Å². The van der Waals surface area contributed by atoms with Crippen molar-refractivity contribution in [3.8, 4) is 0 Å². The van der Waals surface area contributed by atoms with Crippen LogP contribution in [0.3, 0.4) is 0 Å². The van der Waals surface area contributed by atoms with E-state index in [1.807, 2.05) is 36.4 Å². The van der Waals surface area contributed by atoms with E-state index < -0.39 is 0 Å². The van der Waals surface area contributed by atoms with E-state index in [4.69, 9.17) is 5.73 Å². The maximum Gasteiger partial charge on any atom is 0.224 e. The Kier molecular flexibility index (Phi) is 3.42. The first-order valence-electron chi connectivity index (χ1n) is 6.92. The summed E-state index contributed by atoms with van der Waals surface area (Å²) in [5.74, 6) is 0.0423. The first kappa shape index (κ1) is 12.7. The van der Waals surface area contributed by atoms with Gasteiger partial charge in [-0.05, 0) is 35.6 Å². The Morgan fingerprint density at radius 2 is 1.65 bits per heavy atom. The lowest BCUT2D eigenvalue weighted by Gasteiger charge is -2.12. The lowest BCUT2D eigenvalue weighted by molar-refractivity contribution is -0.121. The van der Waals surface area contributed by atoms with Gasteiger partial charge in [-0.15, -0.1) is 0 Å². The molecule has 0 heterocycles. The van der Waals surface area contributed by atoms with Crippen molar-refractivity contribution in [2.45, 2.75) is 25.3 Å². The predicted molar refractivity (Wildman–Crippen MR) is 80.3 cm³/mol. The van der Waals surface area contributed by atoms with Gasteiger partial charge in [0.2, 0.25) is 5.91 Å². The van der Waals surface area contributed by atoms with E-state index in [-0.39, 0.29) is 11.9 Å². The highest BCUT2D eigenvalue weighted by molar-refractivity contribution is 5.80. The van der Waals surface area contributed by atoms with Crippen LogP contribution in [0.15, 0.2) is 48.5 Å². The molecule has 0 atom stereocenters. The van der Waals surface area contributed by atoms with Crippen molar-refractivity contribution in [1.82, 2.24) is 5.32 Å². The maximum absolute atomic E-state index is 12.1. The molecule has 0 aliphatic heterocycles. The average Bonchev–Trinajstić information content (AvgIpc) is 2.83. The van der Waals surface area contributed by atoms with Gasteiger partial charge in [-0.25, -0.2) is 0 Å². The Hall–Kier alpha value is -2.29. The molecule has 2 aromatic carbocycles. The molecule has 20 heavy (non-hydrogen) atoms. The Labute approximate surface area is 118 Å². The van der Waals surface area contributed by atoms with E-state index in [1.54, 1.807) is 0 Å². The highest BCUT2D eigenvalue weighted by Gasteiger charge is 2.22. The topological polar surface area (TPSA) is 55.1 Å². The number of amides is 1. The zero-order valence-corrected chi connectivity index (χ0v) is 11.3. The number of nitrogen functional groups attached to an aromatic ring is 1. The van der Waals surface area contributed by atoms with Gasteiger partial charge in [0.25, 0.3) is 0 Å². The van der Waals surface area contributed by atoms with Crippen molar-refractivity contribution in [2.75, 3.05) is 5.73 Å². The zero-order valence-electron chi connectivity index (χ0n) is 11.3. The first-order valence-corrected chi connectivity index (χ1v) is 6.92. The van der Waals surface area contributed by atoms with E-state index in [1.165, 1.54) is 11.1 Å². The molecule has 0 fully saturated rings. The molecule has 3 N–H and O–H groups in total. The number of nitrogens with one attached hydrogen (secondary N) is 1. The summed E-state index contributed by atoms with van der Waals surface area (Å²) < 4.78 is 0. The minimum Gasteiger partial charge on any atom is -0.398 e. The minimum atomic E-state index is 0.0423. The van der Waals surface area contributed by atoms with E-state index in [9.17, 15) is 4.79 Å². The summed E-state index contributed by atoms with van der Waals surface area (Å²) in [5, 5.41) is 3.11.